The van der Waals surface area contributed by atoms with Crippen molar-refractivity contribution in [2.75, 3.05) is 32.7 Å². The van der Waals surface area contributed by atoms with Gasteiger partial charge in [-0.25, -0.2) is 0 Å². The Labute approximate surface area is 130 Å². The fourth-order valence-electron chi connectivity index (χ4n) is 2.76. The Bertz CT molecular complexity index is 416. The van der Waals surface area contributed by atoms with E-state index >= 15 is 0 Å². The first-order chi connectivity index (χ1) is 9.34. The molecule has 3 rings (SSSR count). The SMILES string of the molecule is Cl.O=C(NCC(c1cccs1)N1CCCC1)C1CNC1. The van der Waals surface area contributed by atoms with Crippen LogP contribution in [-0.4, -0.2) is 43.5 Å². The van der Waals surface area contributed by atoms with E-state index < -0.39 is 0 Å². The van der Waals surface area contributed by atoms with E-state index in [1.807, 2.05) is 0 Å². The molecule has 2 aliphatic heterocycles. The van der Waals surface area contributed by atoms with Crippen LogP contribution < -0.4 is 10.6 Å². The Hall–Kier alpha value is -0.620. The van der Waals surface area contributed by atoms with E-state index in [0.29, 0.717) is 6.04 Å². The average Bonchev–Trinajstić information content (AvgIpc) is 2.98. The number of carbonyl (C=O) groups excluding carboxylic acids is 1. The standard InChI is InChI=1S/C14H21N3OS.ClH/c18-14(11-8-15-9-11)16-10-12(13-4-3-7-19-13)17-5-1-2-6-17;/h3-4,7,11-12,15H,1-2,5-6,8-10H2,(H,16,18);1H. The summed E-state index contributed by atoms with van der Waals surface area (Å²) in [5, 5.41) is 8.40. The molecule has 0 bridgehead atoms. The van der Waals surface area contributed by atoms with Crippen molar-refractivity contribution in [3.05, 3.63) is 22.4 Å². The maximum atomic E-state index is 11.9. The van der Waals surface area contributed by atoms with E-state index in [2.05, 4.69) is 33.0 Å². The molecule has 3 heterocycles. The fourth-order valence-corrected chi connectivity index (χ4v) is 3.62. The van der Waals surface area contributed by atoms with Crippen LogP contribution in [0.3, 0.4) is 0 Å². The Morgan fingerprint density at radius 2 is 2.20 bits per heavy atom. The molecule has 0 saturated carbocycles. The van der Waals surface area contributed by atoms with Gasteiger partial charge in [-0.05, 0) is 37.4 Å². The smallest absolute Gasteiger partial charge is 0.225 e. The van der Waals surface area contributed by atoms with Crippen LogP contribution in [0.25, 0.3) is 0 Å². The van der Waals surface area contributed by atoms with Gasteiger partial charge in [0, 0.05) is 24.5 Å². The predicted octanol–water partition coefficient (Wildman–Crippen LogP) is 1.64. The van der Waals surface area contributed by atoms with E-state index in [1.165, 1.54) is 17.7 Å². The first-order valence-corrected chi connectivity index (χ1v) is 7.98. The number of amides is 1. The third kappa shape index (κ3) is 3.52. The van der Waals surface area contributed by atoms with E-state index in [1.54, 1.807) is 11.3 Å². The molecule has 0 aromatic carbocycles. The third-order valence-corrected chi connectivity index (χ3v) is 5.05. The van der Waals surface area contributed by atoms with Crippen LogP contribution in [0.1, 0.15) is 23.8 Å². The molecule has 1 unspecified atom stereocenters. The Morgan fingerprint density at radius 3 is 2.75 bits per heavy atom. The second-order valence-electron chi connectivity index (χ2n) is 5.37. The number of nitrogens with one attached hydrogen (secondary N) is 2. The van der Waals surface area contributed by atoms with Crippen molar-refractivity contribution in [3.63, 3.8) is 0 Å². The number of nitrogens with zero attached hydrogens (tertiary/aromatic N) is 1. The highest BCUT2D eigenvalue weighted by Gasteiger charge is 2.28. The Morgan fingerprint density at radius 1 is 1.45 bits per heavy atom. The highest BCUT2D eigenvalue weighted by Crippen LogP contribution is 2.27. The van der Waals surface area contributed by atoms with Gasteiger partial charge >= 0.3 is 0 Å². The molecule has 2 fully saturated rings. The van der Waals surface area contributed by atoms with Crippen LogP contribution in [0.4, 0.5) is 0 Å². The maximum Gasteiger partial charge on any atom is 0.225 e. The highest BCUT2D eigenvalue weighted by atomic mass is 35.5. The predicted molar refractivity (Wildman–Crippen MR) is 84.5 cm³/mol. The minimum Gasteiger partial charge on any atom is -0.354 e. The summed E-state index contributed by atoms with van der Waals surface area (Å²) in [6, 6.07) is 4.64. The van der Waals surface area contributed by atoms with E-state index in [-0.39, 0.29) is 24.2 Å². The number of carbonyl (C=O) groups is 1. The van der Waals surface area contributed by atoms with Crippen LogP contribution in [0.2, 0.25) is 0 Å². The van der Waals surface area contributed by atoms with Gasteiger partial charge < -0.3 is 10.6 Å². The maximum absolute atomic E-state index is 11.9. The van der Waals surface area contributed by atoms with Crippen molar-refractivity contribution in [1.29, 1.82) is 0 Å². The molecule has 2 saturated heterocycles. The second kappa shape index (κ2) is 7.41. The highest BCUT2D eigenvalue weighted by molar-refractivity contribution is 7.10. The van der Waals surface area contributed by atoms with Crippen LogP contribution in [0, 0.1) is 5.92 Å². The Balaban J connectivity index is 0.00000147. The fraction of sp³-hybridized carbons (Fsp3) is 0.643. The lowest BCUT2D eigenvalue weighted by Crippen LogP contribution is -2.51. The molecule has 0 spiro atoms. The van der Waals surface area contributed by atoms with Gasteiger partial charge in [-0.1, -0.05) is 6.07 Å². The monoisotopic (exact) mass is 315 g/mol. The number of hydrogen-bond donors (Lipinski definition) is 2. The number of likely N-dealkylation sites (tertiary alicyclic amines) is 1. The topological polar surface area (TPSA) is 44.4 Å². The normalized spacial score (nSPS) is 21.0. The summed E-state index contributed by atoms with van der Waals surface area (Å²) in [6.45, 7) is 4.72. The van der Waals surface area contributed by atoms with E-state index in [4.69, 9.17) is 0 Å². The van der Waals surface area contributed by atoms with Crippen LogP contribution in [0.5, 0.6) is 0 Å². The summed E-state index contributed by atoms with van der Waals surface area (Å²) in [5.74, 6) is 0.391. The van der Waals surface area contributed by atoms with Crippen molar-refractivity contribution >= 4 is 29.7 Å². The van der Waals surface area contributed by atoms with Crippen molar-refractivity contribution in [3.8, 4) is 0 Å². The zero-order chi connectivity index (χ0) is 13.1. The molecule has 112 valence electrons. The van der Waals surface area contributed by atoms with Gasteiger partial charge in [0.25, 0.3) is 0 Å². The summed E-state index contributed by atoms with van der Waals surface area (Å²) < 4.78 is 0. The van der Waals surface area contributed by atoms with Crippen LogP contribution >= 0.6 is 23.7 Å². The molecule has 2 N–H and O–H groups in total. The minimum absolute atomic E-state index is 0. The molecule has 20 heavy (non-hydrogen) atoms. The summed E-state index contributed by atoms with van der Waals surface area (Å²) >= 11 is 1.79. The molecule has 6 heteroatoms. The molecule has 0 radical (unpaired) electrons. The van der Waals surface area contributed by atoms with E-state index in [0.717, 1.165) is 32.7 Å². The molecule has 2 aliphatic rings. The quantitative estimate of drug-likeness (QED) is 0.868. The number of rotatable bonds is 5. The number of hydrogen-bond acceptors (Lipinski definition) is 4. The first kappa shape index (κ1) is 15.8. The van der Waals surface area contributed by atoms with Crippen molar-refractivity contribution in [2.45, 2.75) is 18.9 Å². The molecule has 1 atom stereocenters. The summed E-state index contributed by atoms with van der Waals surface area (Å²) in [4.78, 5) is 15.8. The van der Waals surface area contributed by atoms with Gasteiger partial charge in [-0.15, -0.1) is 23.7 Å². The van der Waals surface area contributed by atoms with Crippen LogP contribution in [0.15, 0.2) is 17.5 Å². The molecular weight excluding hydrogens is 294 g/mol. The number of halogens is 1. The first-order valence-electron chi connectivity index (χ1n) is 7.10. The lowest BCUT2D eigenvalue weighted by molar-refractivity contribution is -0.126. The largest absolute Gasteiger partial charge is 0.354 e. The van der Waals surface area contributed by atoms with Crippen molar-refractivity contribution in [1.82, 2.24) is 15.5 Å². The van der Waals surface area contributed by atoms with Gasteiger partial charge in [0.05, 0.1) is 12.0 Å². The Kier molecular flexibility index (Phi) is 5.84. The zero-order valence-electron chi connectivity index (χ0n) is 11.5. The molecule has 0 aliphatic carbocycles. The van der Waals surface area contributed by atoms with Gasteiger partial charge in [0.15, 0.2) is 0 Å². The van der Waals surface area contributed by atoms with Gasteiger partial charge in [-0.2, -0.15) is 0 Å². The van der Waals surface area contributed by atoms with Gasteiger partial charge in [0.2, 0.25) is 5.91 Å². The summed E-state index contributed by atoms with van der Waals surface area (Å²) in [7, 11) is 0. The van der Waals surface area contributed by atoms with Gasteiger partial charge in [0.1, 0.15) is 0 Å². The average molecular weight is 316 g/mol. The van der Waals surface area contributed by atoms with Crippen molar-refractivity contribution in [2.24, 2.45) is 5.92 Å². The van der Waals surface area contributed by atoms with Crippen molar-refractivity contribution < 1.29 is 4.79 Å². The second-order valence-corrected chi connectivity index (χ2v) is 6.35. The molecular formula is C14H22ClN3OS. The van der Waals surface area contributed by atoms with E-state index in [9.17, 15) is 4.79 Å². The molecule has 1 amide bonds. The lowest BCUT2D eigenvalue weighted by Gasteiger charge is -2.30. The minimum atomic E-state index is 0. The van der Waals surface area contributed by atoms with Crippen LogP contribution in [-0.2, 0) is 4.79 Å². The summed E-state index contributed by atoms with van der Waals surface area (Å²) in [5.41, 5.74) is 0. The molecule has 1 aromatic heterocycles. The third-order valence-electron chi connectivity index (χ3n) is 4.07. The lowest BCUT2D eigenvalue weighted by atomic mass is 10.0. The zero-order valence-corrected chi connectivity index (χ0v) is 13.1. The number of thiophene rings is 1. The van der Waals surface area contributed by atoms with Gasteiger partial charge in [-0.3, -0.25) is 9.69 Å². The summed E-state index contributed by atoms with van der Waals surface area (Å²) in [6.07, 6.45) is 2.56. The molecule has 4 nitrogen and oxygen atoms in total. The molecule has 1 aromatic rings.